The Balaban J connectivity index is 1.43. The smallest absolute Gasteiger partial charge is 0.263 e. The second kappa shape index (κ2) is 7.80. The molecule has 1 aliphatic heterocycles. The standard InChI is InChI=1S/C20H18FN9O2/c1-11-6-7-15-26-27-17(30(11)15)13-4-3-5-14(24-13)25-19(31)12-10-29(28-20(12)32-2)18-16(21)22-8-9-23-18/h3-5,8-11H,6-7H2,1-2H3,(H,24,25,31)/t11-/m1/s1. The van der Waals surface area contributed by atoms with Crippen LogP contribution < -0.4 is 10.1 Å². The summed E-state index contributed by atoms with van der Waals surface area (Å²) < 4.78 is 22.3. The van der Waals surface area contributed by atoms with Gasteiger partial charge in [-0.15, -0.1) is 15.3 Å². The molecule has 0 fully saturated rings. The van der Waals surface area contributed by atoms with Gasteiger partial charge in [-0.1, -0.05) is 6.07 Å². The van der Waals surface area contributed by atoms with Crippen LogP contribution in [-0.4, -0.2) is 52.5 Å². The van der Waals surface area contributed by atoms with Crippen LogP contribution in [0.2, 0.25) is 0 Å². The molecule has 5 rings (SSSR count). The van der Waals surface area contributed by atoms with Gasteiger partial charge in [0.25, 0.3) is 11.9 Å². The normalized spacial score (nSPS) is 14.9. The third-order valence-electron chi connectivity index (χ3n) is 5.18. The van der Waals surface area contributed by atoms with Crippen LogP contribution in [0.4, 0.5) is 10.2 Å². The molecule has 5 heterocycles. The van der Waals surface area contributed by atoms with Crippen LogP contribution in [0.3, 0.4) is 0 Å². The minimum Gasteiger partial charge on any atom is -0.479 e. The predicted octanol–water partition coefficient (Wildman–Crippen LogP) is 2.22. The first-order chi connectivity index (χ1) is 15.5. The number of nitrogens with zero attached hydrogens (tertiary/aromatic N) is 8. The molecule has 0 unspecified atom stereocenters. The van der Waals surface area contributed by atoms with Gasteiger partial charge in [0.15, 0.2) is 5.82 Å². The number of anilines is 1. The molecular weight excluding hydrogens is 417 g/mol. The quantitative estimate of drug-likeness (QED) is 0.506. The van der Waals surface area contributed by atoms with Crippen LogP contribution in [0.25, 0.3) is 17.3 Å². The number of fused-ring (bicyclic) bond motifs is 1. The van der Waals surface area contributed by atoms with Crippen molar-refractivity contribution < 1.29 is 13.9 Å². The molecule has 12 heteroatoms. The molecular formula is C20H18FN9O2. The number of hydrogen-bond acceptors (Lipinski definition) is 8. The van der Waals surface area contributed by atoms with E-state index >= 15 is 0 Å². The number of amides is 1. The van der Waals surface area contributed by atoms with E-state index in [1.54, 1.807) is 12.1 Å². The van der Waals surface area contributed by atoms with Crippen LogP contribution in [-0.2, 0) is 6.42 Å². The molecule has 0 radical (unpaired) electrons. The van der Waals surface area contributed by atoms with Crippen LogP contribution in [0.5, 0.6) is 5.88 Å². The second-order valence-electron chi connectivity index (χ2n) is 7.23. The zero-order chi connectivity index (χ0) is 22.2. The average molecular weight is 435 g/mol. The highest BCUT2D eigenvalue weighted by atomic mass is 19.1. The van der Waals surface area contributed by atoms with Crippen molar-refractivity contribution in [3.63, 3.8) is 0 Å². The maximum absolute atomic E-state index is 14.0. The summed E-state index contributed by atoms with van der Waals surface area (Å²) in [6.45, 7) is 2.11. The summed E-state index contributed by atoms with van der Waals surface area (Å²) in [5, 5.41) is 15.3. The largest absolute Gasteiger partial charge is 0.479 e. The Morgan fingerprint density at radius 2 is 2.09 bits per heavy atom. The summed E-state index contributed by atoms with van der Waals surface area (Å²) in [4.78, 5) is 24.9. The van der Waals surface area contributed by atoms with Crippen molar-refractivity contribution in [2.75, 3.05) is 12.4 Å². The van der Waals surface area contributed by atoms with E-state index < -0.39 is 11.9 Å². The summed E-state index contributed by atoms with van der Waals surface area (Å²) >= 11 is 0. The molecule has 0 saturated heterocycles. The SMILES string of the molecule is COc1nn(-c2nccnc2F)cc1C(=O)Nc1cccc(-c2nnc3n2[C@H](C)CC3)n1. The van der Waals surface area contributed by atoms with Crippen molar-refractivity contribution in [3.05, 3.63) is 54.1 Å². The van der Waals surface area contributed by atoms with E-state index in [1.165, 1.54) is 25.7 Å². The number of aryl methyl sites for hydroxylation is 1. The maximum Gasteiger partial charge on any atom is 0.263 e. The van der Waals surface area contributed by atoms with Gasteiger partial charge in [-0.05, 0) is 25.5 Å². The molecule has 0 saturated carbocycles. The number of nitrogens with one attached hydrogen (secondary N) is 1. The fourth-order valence-electron chi connectivity index (χ4n) is 3.65. The number of carbonyl (C=O) groups excluding carboxylic acids is 1. The molecule has 0 aliphatic carbocycles. The minimum atomic E-state index is -0.825. The van der Waals surface area contributed by atoms with E-state index in [9.17, 15) is 9.18 Å². The number of halogens is 1. The molecule has 32 heavy (non-hydrogen) atoms. The second-order valence-corrected chi connectivity index (χ2v) is 7.23. The Hall–Kier alpha value is -4.22. The number of rotatable bonds is 5. The zero-order valence-electron chi connectivity index (χ0n) is 17.2. The number of pyridine rings is 1. The van der Waals surface area contributed by atoms with Crippen molar-refractivity contribution in [2.45, 2.75) is 25.8 Å². The molecule has 0 spiro atoms. The average Bonchev–Trinajstić information content (AvgIpc) is 3.50. The highest BCUT2D eigenvalue weighted by Gasteiger charge is 2.25. The van der Waals surface area contributed by atoms with Gasteiger partial charge in [0.1, 0.15) is 22.9 Å². The van der Waals surface area contributed by atoms with Crippen LogP contribution in [0.1, 0.15) is 35.6 Å². The Bertz CT molecular complexity index is 1320. The molecule has 1 aliphatic rings. The molecule has 1 amide bonds. The molecule has 4 aromatic rings. The molecule has 1 atom stereocenters. The molecule has 11 nitrogen and oxygen atoms in total. The fourth-order valence-corrected chi connectivity index (χ4v) is 3.65. The molecule has 4 aromatic heterocycles. The monoisotopic (exact) mass is 435 g/mol. The van der Waals surface area contributed by atoms with Crippen molar-refractivity contribution >= 4 is 11.7 Å². The van der Waals surface area contributed by atoms with E-state index in [-0.39, 0.29) is 23.3 Å². The van der Waals surface area contributed by atoms with Crippen molar-refractivity contribution in [1.29, 1.82) is 0 Å². The summed E-state index contributed by atoms with van der Waals surface area (Å²) in [5.41, 5.74) is 0.682. The molecule has 162 valence electrons. The van der Waals surface area contributed by atoms with Gasteiger partial charge in [0.2, 0.25) is 11.7 Å². The Kier molecular flexibility index (Phi) is 4.81. The summed E-state index contributed by atoms with van der Waals surface area (Å²) in [6, 6.07) is 5.53. The van der Waals surface area contributed by atoms with Gasteiger partial charge in [0.05, 0.1) is 7.11 Å². The molecule has 0 aromatic carbocycles. The van der Waals surface area contributed by atoms with E-state index in [0.717, 1.165) is 23.3 Å². The first-order valence-corrected chi connectivity index (χ1v) is 9.88. The van der Waals surface area contributed by atoms with Gasteiger partial charge in [0, 0.05) is 31.1 Å². The third-order valence-corrected chi connectivity index (χ3v) is 5.18. The topological polar surface area (TPSA) is 126 Å². The van der Waals surface area contributed by atoms with Crippen LogP contribution >= 0.6 is 0 Å². The lowest BCUT2D eigenvalue weighted by Gasteiger charge is -2.10. The zero-order valence-corrected chi connectivity index (χ0v) is 17.2. The highest BCUT2D eigenvalue weighted by molar-refractivity contribution is 6.05. The van der Waals surface area contributed by atoms with Crippen molar-refractivity contribution in [3.8, 4) is 23.2 Å². The summed E-state index contributed by atoms with van der Waals surface area (Å²) in [5.74, 6) is 0.404. The van der Waals surface area contributed by atoms with Gasteiger partial charge in [-0.25, -0.2) is 19.6 Å². The summed E-state index contributed by atoms with van der Waals surface area (Å²) in [6.07, 6.45) is 5.74. The Labute approximate surface area is 181 Å². The molecule has 1 N–H and O–H groups in total. The van der Waals surface area contributed by atoms with Gasteiger partial charge in [-0.3, -0.25) is 4.79 Å². The summed E-state index contributed by atoms with van der Waals surface area (Å²) in [7, 11) is 1.36. The third kappa shape index (κ3) is 3.35. The lowest BCUT2D eigenvalue weighted by molar-refractivity contribution is 0.102. The first-order valence-electron chi connectivity index (χ1n) is 9.88. The van der Waals surface area contributed by atoms with Crippen LogP contribution in [0, 0.1) is 5.95 Å². The number of methoxy groups -OCH3 is 1. The van der Waals surface area contributed by atoms with E-state index in [0.29, 0.717) is 17.3 Å². The Morgan fingerprint density at radius 3 is 2.91 bits per heavy atom. The first kappa shape index (κ1) is 19.7. The predicted molar refractivity (Wildman–Crippen MR) is 110 cm³/mol. The number of ether oxygens (including phenoxy) is 1. The van der Waals surface area contributed by atoms with Gasteiger partial charge >= 0.3 is 0 Å². The number of aromatic nitrogens is 8. The lowest BCUT2D eigenvalue weighted by atomic mass is 10.2. The minimum absolute atomic E-state index is 0.00723. The number of hydrogen-bond donors (Lipinski definition) is 1. The van der Waals surface area contributed by atoms with Gasteiger partial charge in [-0.2, -0.15) is 4.39 Å². The van der Waals surface area contributed by atoms with Crippen LogP contribution in [0.15, 0.2) is 36.8 Å². The van der Waals surface area contributed by atoms with E-state index in [1.807, 2.05) is 6.07 Å². The van der Waals surface area contributed by atoms with E-state index in [2.05, 4.69) is 47.1 Å². The van der Waals surface area contributed by atoms with Crippen molar-refractivity contribution in [2.24, 2.45) is 0 Å². The number of carbonyl (C=O) groups is 1. The van der Waals surface area contributed by atoms with Gasteiger partial charge < -0.3 is 14.6 Å². The lowest BCUT2D eigenvalue weighted by Crippen LogP contribution is -2.14. The Morgan fingerprint density at radius 1 is 1.25 bits per heavy atom. The fraction of sp³-hybridized carbons (Fsp3) is 0.250. The molecule has 0 bridgehead atoms. The van der Waals surface area contributed by atoms with E-state index in [4.69, 9.17) is 4.74 Å². The maximum atomic E-state index is 14.0. The van der Waals surface area contributed by atoms with Crippen molar-refractivity contribution in [1.82, 2.24) is 39.5 Å². The highest BCUT2D eigenvalue weighted by Crippen LogP contribution is 2.30.